The molecule has 5 heteroatoms. The minimum absolute atomic E-state index is 0.271. The van der Waals surface area contributed by atoms with Crippen LogP contribution in [0.4, 0.5) is 0 Å². The number of nitrogens with one attached hydrogen (secondary N) is 1. The highest BCUT2D eigenvalue weighted by Gasteiger charge is 2.15. The van der Waals surface area contributed by atoms with Gasteiger partial charge in [-0.3, -0.25) is 4.79 Å². The van der Waals surface area contributed by atoms with Gasteiger partial charge in [-0.2, -0.15) is 5.10 Å². The van der Waals surface area contributed by atoms with Crippen LogP contribution in [0, 0.1) is 12.8 Å². The van der Waals surface area contributed by atoms with E-state index in [1.54, 1.807) is 25.1 Å². The van der Waals surface area contributed by atoms with Crippen molar-refractivity contribution in [3.8, 4) is 5.75 Å². The van der Waals surface area contributed by atoms with E-state index in [1.807, 2.05) is 13.8 Å². The molecule has 116 valence electrons. The van der Waals surface area contributed by atoms with Crippen LogP contribution in [0.15, 0.2) is 23.3 Å². The molecule has 4 nitrogen and oxygen atoms in total. The van der Waals surface area contributed by atoms with E-state index in [0.717, 1.165) is 17.7 Å². The minimum Gasteiger partial charge on any atom is -0.481 e. The zero-order valence-corrected chi connectivity index (χ0v) is 14.0. The van der Waals surface area contributed by atoms with Gasteiger partial charge in [0.25, 0.3) is 5.91 Å². The first-order valence-electron chi connectivity index (χ1n) is 7.05. The summed E-state index contributed by atoms with van der Waals surface area (Å²) in [4.78, 5) is 11.9. The Morgan fingerprint density at radius 2 is 2.05 bits per heavy atom. The van der Waals surface area contributed by atoms with E-state index in [4.69, 9.17) is 16.3 Å². The molecule has 0 aliphatic rings. The molecule has 1 aromatic rings. The number of rotatable bonds is 6. The number of hydrogen-bond acceptors (Lipinski definition) is 3. The molecule has 0 bridgehead atoms. The molecule has 0 fully saturated rings. The number of amides is 1. The number of nitrogens with zero attached hydrogens (tertiary/aromatic N) is 1. The topological polar surface area (TPSA) is 50.7 Å². The Morgan fingerprint density at radius 3 is 2.62 bits per heavy atom. The monoisotopic (exact) mass is 310 g/mol. The number of benzene rings is 1. The molecule has 0 spiro atoms. The van der Waals surface area contributed by atoms with Crippen LogP contribution in [0.3, 0.4) is 0 Å². The SMILES string of the molecule is C/C(CC(C)C)=N\NC(=O)C(C)Oc1ccc(Cl)cc1C. The zero-order valence-electron chi connectivity index (χ0n) is 13.2. The van der Waals surface area contributed by atoms with Gasteiger partial charge < -0.3 is 4.74 Å². The fraction of sp³-hybridized carbons (Fsp3) is 0.500. The third-order valence-corrected chi connectivity index (χ3v) is 3.11. The zero-order chi connectivity index (χ0) is 16.0. The third-order valence-electron chi connectivity index (χ3n) is 2.87. The van der Waals surface area contributed by atoms with Crippen molar-refractivity contribution in [2.45, 2.75) is 47.1 Å². The van der Waals surface area contributed by atoms with Crippen LogP contribution in [-0.4, -0.2) is 17.7 Å². The van der Waals surface area contributed by atoms with Crippen molar-refractivity contribution in [3.63, 3.8) is 0 Å². The average molecular weight is 311 g/mol. The highest BCUT2D eigenvalue weighted by Crippen LogP contribution is 2.22. The van der Waals surface area contributed by atoms with Gasteiger partial charge in [-0.15, -0.1) is 0 Å². The summed E-state index contributed by atoms with van der Waals surface area (Å²) in [7, 11) is 0. The molecule has 1 rings (SSSR count). The van der Waals surface area contributed by atoms with Gasteiger partial charge in [0.15, 0.2) is 6.10 Å². The van der Waals surface area contributed by atoms with Gasteiger partial charge in [-0.25, -0.2) is 5.43 Å². The predicted octanol–water partition coefficient (Wildman–Crippen LogP) is 3.95. The first-order valence-corrected chi connectivity index (χ1v) is 7.43. The summed E-state index contributed by atoms with van der Waals surface area (Å²) in [5.74, 6) is 0.883. The van der Waals surface area contributed by atoms with Gasteiger partial charge in [0.2, 0.25) is 0 Å². The van der Waals surface area contributed by atoms with Crippen LogP contribution >= 0.6 is 11.6 Å². The number of carbonyl (C=O) groups excluding carboxylic acids is 1. The first-order chi connectivity index (χ1) is 9.79. The van der Waals surface area contributed by atoms with Crippen molar-refractivity contribution in [1.29, 1.82) is 0 Å². The number of aryl methyl sites for hydroxylation is 1. The number of carbonyl (C=O) groups is 1. The normalized spacial score (nSPS) is 13.2. The standard InChI is InChI=1S/C16H23ClN2O2/c1-10(2)8-12(4)18-19-16(20)13(5)21-15-7-6-14(17)9-11(15)3/h6-7,9-10,13H,8H2,1-5H3,(H,19,20)/b18-12+. The number of ether oxygens (including phenoxy) is 1. The highest BCUT2D eigenvalue weighted by molar-refractivity contribution is 6.30. The highest BCUT2D eigenvalue weighted by atomic mass is 35.5. The lowest BCUT2D eigenvalue weighted by Gasteiger charge is -2.15. The van der Waals surface area contributed by atoms with Gasteiger partial charge >= 0.3 is 0 Å². The molecule has 1 N–H and O–H groups in total. The van der Waals surface area contributed by atoms with Gasteiger partial charge in [0.05, 0.1) is 0 Å². The van der Waals surface area contributed by atoms with Crippen LogP contribution in [0.2, 0.25) is 5.02 Å². The molecule has 21 heavy (non-hydrogen) atoms. The van der Waals surface area contributed by atoms with Crippen LogP contribution in [-0.2, 0) is 4.79 Å². The summed E-state index contributed by atoms with van der Waals surface area (Å²) in [6.07, 6.45) is 0.228. The molecule has 1 atom stereocenters. The molecule has 0 heterocycles. The number of hydrazone groups is 1. The fourth-order valence-electron chi connectivity index (χ4n) is 1.87. The molecule has 0 aliphatic carbocycles. The molecular weight excluding hydrogens is 288 g/mol. The second-order valence-electron chi connectivity index (χ2n) is 5.59. The largest absolute Gasteiger partial charge is 0.481 e. The summed E-state index contributed by atoms with van der Waals surface area (Å²) < 4.78 is 5.64. The Morgan fingerprint density at radius 1 is 1.38 bits per heavy atom. The first kappa shape index (κ1) is 17.5. The summed E-state index contributed by atoms with van der Waals surface area (Å²) in [5, 5.41) is 4.72. The third kappa shape index (κ3) is 6.17. The second kappa shape index (κ2) is 8.03. The molecule has 1 unspecified atom stereocenters. The van der Waals surface area contributed by atoms with Gasteiger partial charge in [-0.05, 0) is 56.9 Å². The Kier molecular flexibility index (Phi) is 6.69. The minimum atomic E-state index is -0.625. The molecule has 0 aromatic heterocycles. The average Bonchev–Trinajstić information content (AvgIpc) is 2.38. The quantitative estimate of drug-likeness (QED) is 0.639. The van der Waals surface area contributed by atoms with E-state index < -0.39 is 6.10 Å². The van der Waals surface area contributed by atoms with Crippen molar-refractivity contribution in [3.05, 3.63) is 28.8 Å². The van der Waals surface area contributed by atoms with Crippen molar-refractivity contribution in [2.24, 2.45) is 11.0 Å². The molecule has 0 saturated heterocycles. The van der Waals surface area contributed by atoms with E-state index >= 15 is 0 Å². The van der Waals surface area contributed by atoms with Crippen molar-refractivity contribution in [1.82, 2.24) is 5.43 Å². The maximum atomic E-state index is 11.9. The summed E-state index contributed by atoms with van der Waals surface area (Å²) in [5.41, 5.74) is 4.32. The van der Waals surface area contributed by atoms with Gasteiger partial charge in [-0.1, -0.05) is 25.4 Å². The number of hydrogen-bond donors (Lipinski definition) is 1. The van der Waals surface area contributed by atoms with Crippen LogP contribution in [0.1, 0.15) is 39.7 Å². The Hall–Kier alpha value is -1.55. The molecule has 0 radical (unpaired) electrons. The summed E-state index contributed by atoms with van der Waals surface area (Å²) in [6.45, 7) is 9.69. The van der Waals surface area contributed by atoms with Gasteiger partial charge in [0, 0.05) is 10.7 Å². The molecular formula is C16H23ClN2O2. The van der Waals surface area contributed by atoms with E-state index in [1.165, 1.54) is 0 Å². The Balaban J connectivity index is 2.58. The number of halogens is 1. The lowest BCUT2D eigenvalue weighted by atomic mass is 10.1. The molecule has 0 aliphatic heterocycles. The summed E-state index contributed by atoms with van der Waals surface area (Å²) in [6, 6.07) is 5.29. The maximum absolute atomic E-state index is 11.9. The Bertz CT molecular complexity index is 527. The lowest BCUT2D eigenvalue weighted by Crippen LogP contribution is -2.34. The van der Waals surface area contributed by atoms with E-state index in [-0.39, 0.29) is 5.91 Å². The smallest absolute Gasteiger partial charge is 0.280 e. The van der Waals surface area contributed by atoms with Crippen molar-refractivity contribution >= 4 is 23.2 Å². The summed E-state index contributed by atoms with van der Waals surface area (Å²) >= 11 is 5.89. The van der Waals surface area contributed by atoms with Crippen molar-refractivity contribution < 1.29 is 9.53 Å². The van der Waals surface area contributed by atoms with Crippen LogP contribution < -0.4 is 10.2 Å². The molecule has 0 saturated carbocycles. The maximum Gasteiger partial charge on any atom is 0.280 e. The van der Waals surface area contributed by atoms with E-state index in [9.17, 15) is 4.79 Å². The van der Waals surface area contributed by atoms with E-state index in [0.29, 0.717) is 16.7 Å². The van der Waals surface area contributed by atoms with Gasteiger partial charge in [0.1, 0.15) is 5.75 Å². The molecule has 1 aromatic carbocycles. The fourth-order valence-corrected chi connectivity index (χ4v) is 2.09. The second-order valence-corrected chi connectivity index (χ2v) is 6.03. The lowest BCUT2D eigenvalue weighted by molar-refractivity contribution is -0.127. The Labute approximate surface area is 131 Å². The van der Waals surface area contributed by atoms with E-state index in [2.05, 4.69) is 24.4 Å². The van der Waals surface area contributed by atoms with Crippen molar-refractivity contribution in [2.75, 3.05) is 0 Å². The predicted molar refractivity (Wildman–Crippen MR) is 87.0 cm³/mol. The molecule has 1 amide bonds. The van der Waals surface area contributed by atoms with Crippen LogP contribution in [0.25, 0.3) is 0 Å². The van der Waals surface area contributed by atoms with Crippen LogP contribution in [0.5, 0.6) is 5.75 Å².